The number of rotatable bonds is 12. The second-order valence-electron chi connectivity index (χ2n) is 12.5. The number of carboxylic acids is 1. The summed E-state index contributed by atoms with van der Waals surface area (Å²) in [6, 6.07) is 0. The molecule has 0 unspecified atom stereocenters. The molecule has 4 rings (SSSR count). The van der Waals surface area contributed by atoms with Crippen LogP contribution in [0.3, 0.4) is 0 Å². The minimum absolute atomic E-state index is 0.223. The van der Waals surface area contributed by atoms with E-state index < -0.39 is 11.4 Å². The standard InChI is InChI=1S/C33H51FN4O2/c1-6-29-31(30-14-9-10-17-38(30)35-29)26-15-18-36(19-16-26)20-27-21-37(23-33(7-2,8-3)32(39)40)22-28(27)24(4)12-11-13-25(5)34/h11-13,26-28H,4,6-10,14-23H2,1-3,5H3,(H,39,40)/b12-11-,25-13+/t27-,28+/m0/s1. The molecular weight excluding hydrogens is 503 g/mol. The zero-order valence-electron chi connectivity index (χ0n) is 25.3. The van der Waals surface area contributed by atoms with Gasteiger partial charge in [0.2, 0.25) is 0 Å². The number of aromatic nitrogens is 2. The van der Waals surface area contributed by atoms with Crippen LogP contribution in [0.2, 0.25) is 0 Å². The Morgan fingerprint density at radius 1 is 1.12 bits per heavy atom. The Hall–Kier alpha value is -2.25. The van der Waals surface area contributed by atoms with Gasteiger partial charge >= 0.3 is 5.97 Å². The Labute approximate surface area is 241 Å². The first-order valence-electron chi connectivity index (χ1n) is 15.7. The van der Waals surface area contributed by atoms with E-state index in [9.17, 15) is 14.3 Å². The fourth-order valence-corrected chi connectivity index (χ4v) is 7.43. The zero-order valence-corrected chi connectivity index (χ0v) is 25.3. The van der Waals surface area contributed by atoms with E-state index >= 15 is 0 Å². The van der Waals surface area contributed by atoms with Gasteiger partial charge in [0, 0.05) is 44.3 Å². The normalized spacial score (nSPS) is 23.7. The quantitative estimate of drug-likeness (QED) is 0.304. The molecule has 0 amide bonds. The van der Waals surface area contributed by atoms with Crippen molar-refractivity contribution >= 4 is 5.97 Å². The minimum Gasteiger partial charge on any atom is -0.481 e. The van der Waals surface area contributed by atoms with E-state index in [0.717, 1.165) is 51.3 Å². The van der Waals surface area contributed by atoms with Crippen LogP contribution in [-0.2, 0) is 24.2 Å². The maximum Gasteiger partial charge on any atom is 0.310 e. The number of piperidine rings is 1. The first-order chi connectivity index (χ1) is 19.2. The van der Waals surface area contributed by atoms with Gasteiger partial charge in [0.25, 0.3) is 0 Å². The van der Waals surface area contributed by atoms with E-state index in [2.05, 4.69) is 28.0 Å². The molecule has 2 fully saturated rings. The van der Waals surface area contributed by atoms with E-state index in [1.54, 1.807) is 11.6 Å². The number of fused-ring (bicyclic) bond motifs is 1. The molecule has 7 heteroatoms. The lowest BCUT2D eigenvalue weighted by Gasteiger charge is -2.35. The molecule has 0 aliphatic carbocycles. The van der Waals surface area contributed by atoms with Crippen molar-refractivity contribution in [1.82, 2.24) is 19.6 Å². The van der Waals surface area contributed by atoms with Gasteiger partial charge in [0.15, 0.2) is 0 Å². The van der Waals surface area contributed by atoms with E-state index in [-0.39, 0.29) is 11.7 Å². The third kappa shape index (κ3) is 6.79. The molecule has 6 nitrogen and oxygen atoms in total. The van der Waals surface area contributed by atoms with Gasteiger partial charge in [0.1, 0.15) is 0 Å². The summed E-state index contributed by atoms with van der Waals surface area (Å²) in [5, 5.41) is 15.0. The Bertz CT molecular complexity index is 1090. The minimum atomic E-state index is -0.718. The van der Waals surface area contributed by atoms with Crippen molar-refractivity contribution in [3.63, 3.8) is 0 Å². The topological polar surface area (TPSA) is 61.6 Å². The van der Waals surface area contributed by atoms with Crippen LogP contribution in [0.1, 0.15) is 89.1 Å². The highest BCUT2D eigenvalue weighted by Crippen LogP contribution is 2.38. The van der Waals surface area contributed by atoms with E-state index in [4.69, 9.17) is 5.10 Å². The van der Waals surface area contributed by atoms with Crippen LogP contribution in [0.25, 0.3) is 0 Å². The van der Waals surface area contributed by atoms with E-state index in [1.807, 2.05) is 19.9 Å². The number of nitrogens with zero attached hydrogens (tertiary/aromatic N) is 4. The Morgan fingerprint density at radius 3 is 2.48 bits per heavy atom. The molecule has 3 aliphatic rings. The molecule has 1 aromatic heterocycles. The number of halogens is 1. The molecule has 4 heterocycles. The summed E-state index contributed by atoms with van der Waals surface area (Å²) in [6.45, 7) is 18.5. The lowest BCUT2D eigenvalue weighted by molar-refractivity contribution is -0.150. The van der Waals surface area contributed by atoms with Gasteiger partial charge in [-0.2, -0.15) is 5.10 Å². The number of hydrogen-bond donors (Lipinski definition) is 1. The molecular formula is C33H51FN4O2. The van der Waals surface area contributed by atoms with Crippen molar-refractivity contribution in [2.24, 2.45) is 17.3 Å². The Morgan fingerprint density at radius 2 is 1.85 bits per heavy atom. The summed E-state index contributed by atoms with van der Waals surface area (Å²) in [6.07, 6.45) is 13.4. The lowest BCUT2D eigenvalue weighted by atomic mass is 9.82. The average Bonchev–Trinajstić information content (AvgIpc) is 3.52. The summed E-state index contributed by atoms with van der Waals surface area (Å²) in [4.78, 5) is 17.2. The molecule has 0 spiro atoms. The summed E-state index contributed by atoms with van der Waals surface area (Å²) in [5.41, 5.74) is 4.67. The van der Waals surface area contributed by atoms with Gasteiger partial charge < -0.3 is 14.9 Å². The molecule has 40 heavy (non-hydrogen) atoms. The third-order valence-corrected chi connectivity index (χ3v) is 9.99. The predicted molar refractivity (Wildman–Crippen MR) is 160 cm³/mol. The van der Waals surface area contributed by atoms with Crippen LogP contribution in [0, 0.1) is 17.3 Å². The van der Waals surface area contributed by atoms with Gasteiger partial charge in [-0.05, 0) is 94.9 Å². The van der Waals surface area contributed by atoms with E-state index in [0.29, 0.717) is 31.2 Å². The average molecular weight is 555 g/mol. The maximum absolute atomic E-state index is 13.3. The fourth-order valence-electron chi connectivity index (χ4n) is 7.43. The van der Waals surface area contributed by atoms with Crippen molar-refractivity contribution in [1.29, 1.82) is 0 Å². The van der Waals surface area contributed by atoms with Gasteiger partial charge in [-0.3, -0.25) is 9.48 Å². The largest absolute Gasteiger partial charge is 0.481 e. The van der Waals surface area contributed by atoms with Crippen molar-refractivity contribution in [3.05, 3.63) is 53.2 Å². The first kappa shape index (κ1) is 30.7. The summed E-state index contributed by atoms with van der Waals surface area (Å²) in [7, 11) is 0. The van der Waals surface area contributed by atoms with Crippen molar-refractivity contribution in [2.45, 2.75) is 91.5 Å². The molecule has 1 N–H and O–H groups in total. The number of aryl methyl sites for hydroxylation is 2. The van der Waals surface area contributed by atoms with Crippen LogP contribution >= 0.6 is 0 Å². The van der Waals surface area contributed by atoms with E-state index in [1.165, 1.54) is 56.5 Å². The lowest BCUT2D eigenvalue weighted by Crippen LogP contribution is -2.42. The number of carbonyl (C=O) groups is 1. The smallest absolute Gasteiger partial charge is 0.310 e. The molecule has 0 saturated carbocycles. The van der Waals surface area contributed by atoms with Gasteiger partial charge in [-0.1, -0.05) is 45.1 Å². The van der Waals surface area contributed by atoms with Crippen LogP contribution in [-0.4, -0.2) is 69.9 Å². The van der Waals surface area contributed by atoms with Crippen molar-refractivity contribution in [3.8, 4) is 0 Å². The zero-order chi connectivity index (χ0) is 28.9. The Kier molecular flexibility index (Phi) is 10.4. The van der Waals surface area contributed by atoms with Gasteiger partial charge in [-0.25, -0.2) is 4.39 Å². The van der Waals surface area contributed by atoms with Crippen LogP contribution < -0.4 is 0 Å². The van der Waals surface area contributed by atoms with Crippen LogP contribution in [0.4, 0.5) is 4.39 Å². The second-order valence-corrected chi connectivity index (χ2v) is 12.5. The summed E-state index contributed by atoms with van der Waals surface area (Å²) >= 11 is 0. The number of allylic oxidation sites excluding steroid dienone is 4. The predicted octanol–water partition coefficient (Wildman–Crippen LogP) is 6.39. The molecule has 3 aliphatic heterocycles. The van der Waals surface area contributed by atoms with Crippen LogP contribution in [0.15, 0.2) is 36.2 Å². The molecule has 0 bridgehead atoms. The Balaban J connectivity index is 1.45. The number of likely N-dealkylation sites (tertiary alicyclic amines) is 2. The SMILES string of the molecule is C=C(/C=C\C=C(/C)F)[C@H]1CN(CC(CC)(CC)C(=O)O)C[C@@H]1CN1CCC(c2c(CC)nn3c2CCCC3)CC1. The molecule has 222 valence electrons. The molecule has 0 radical (unpaired) electrons. The monoisotopic (exact) mass is 554 g/mol. The van der Waals surface area contributed by atoms with Crippen LogP contribution in [0.5, 0.6) is 0 Å². The highest BCUT2D eigenvalue weighted by Gasteiger charge is 2.42. The van der Waals surface area contributed by atoms with Crippen molar-refractivity contribution < 1.29 is 14.3 Å². The number of aliphatic carboxylic acids is 1. The second kappa shape index (κ2) is 13.6. The molecule has 1 aromatic rings. The number of hydrogen-bond acceptors (Lipinski definition) is 4. The molecule has 0 aromatic carbocycles. The molecule has 2 atom stereocenters. The van der Waals surface area contributed by atoms with Crippen molar-refractivity contribution in [2.75, 3.05) is 39.3 Å². The summed E-state index contributed by atoms with van der Waals surface area (Å²) < 4.78 is 15.6. The maximum atomic E-state index is 13.3. The number of carboxylic acid groups (broad SMARTS) is 1. The third-order valence-electron chi connectivity index (χ3n) is 9.99. The van der Waals surface area contributed by atoms with Gasteiger partial charge in [-0.15, -0.1) is 0 Å². The van der Waals surface area contributed by atoms with Gasteiger partial charge in [0.05, 0.1) is 16.9 Å². The first-order valence-corrected chi connectivity index (χ1v) is 15.7. The summed E-state index contributed by atoms with van der Waals surface area (Å²) in [5.74, 6) is 0.287. The highest BCUT2D eigenvalue weighted by atomic mass is 19.1. The fraction of sp³-hybridized carbons (Fsp3) is 0.697. The highest BCUT2D eigenvalue weighted by molar-refractivity contribution is 5.74. The molecule has 2 saturated heterocycles.